The molecule has 2 rings (SSSR count). The third-order valence-electron chi connectivity index (χ3n) is 4.32. The van der Waals surface area contributed by atoms with Crippen molar-refractivity contribution in [1.29, 1.82) is 0 Å². The maximum atomic E-state index is 12.8. The van der Waals surface area contributed by atoms with Crippen LogP contribution in [0.2, 0.25) is 0 Å². The summed E-state index contributed by atoms with van der Waals surface area (Å²) >= 11 is 0. The molecule has 1 amide bonds. The van der Waals surface area contributed by atoms with Crippen LogP contribution in [0.15, 0.2) is 42.5 Å². The molecule has 9 heteroatoms. The number of rotatable bonds is 9. The number of nitrogens with zero attached hydrogens (tertiary/aromatic N) is 2. The van der Waals surface area contributed by atoms with E-state index >= 15 is 0 Å². The topological polar surface area (TPSA) is 100 Å². The number of methoxy groups -OCH3 is 4. The van der Waals surface area contributed by atoms with Crippen molar-refractivity contribution in [2.24, 2.45) is 0 Å². The van der Waals surface area contributed by atoms with Gasteiger partial charge in [0.2, 0.25) is 5.75 Å². The minimum Gasteiger partial charge on any atom is -0.493 e. The fourth-order valence-corrected chi connectivity index (χ4v) is 2.91. The van der Waals surface area contributed by atoms with Gasteiger partial charge in [-0.05, 0) is 24.6 Å². The zero-order valence-electron chi connectivity index (χ0n) is 17.5. The van der Waals surface area contributed by atoms with E-state index in [0.29, 0.717) is 28.5 Å². The average molecular weight is 416 g/mol. The fourth-order valence-electron chi connectivity index (χ4n) is 2.91. The van der Waals surface area contributed by atoms with Gasteiger partial charge < -0.3 is 23.8 Å². The Morgan fingerprint density at radius 1 is 1.00 bits per heavy atom. The lowest BCUT2D eigenvalue weighted by molar-refractivity contribution is -0.385. The Bertz CT molecular complexity index is 931. The Hall–Kier alpha value is -3.75. The summed E-state index contributed by atoms with van der Waals surface area (Å²) in [5.41, 5.74) is 0.846. The lowest BCUT2D eigenvalue weighted by Crippen LogP contribution is -2.28. The number of benzene rings is 2. The van der Waals surface area contributed by atoms with Crippen molar-refractivity contribution >= 4 is 17.3 Å². The van der Waals surface area contributed by atoms with E-state index < -0.39 is 4.92 Å². The molecule has 0 fully saturated rings. The van der Waals surface area contributed by atoms with Crippen molar-refractivity contribution in [3.8, 4) is 23.0 Å². The monoisotopic (exact) mass is 416 g/mol. The van der Waals surface area contributed by atoms with Gasteiger partial charge in [-0.15, -0.1) is 0 Å². The molecule has 0 aliphatic heterocycles. The van der Waals surface area contributed by atoms with E-state index in [1.807, 2.05) is 0 Å². The van der Waals surface area contributed by atoms with Crippen LogP contribution in [0.5, 0.6) is 23.0 Å². The summed E-state index contributed by atoms with van der Waals surface area (Å²) < 4.78 is 21.1. The summed E-state index contributed by atoms with van der Waals surface area (Å²) in [7, 11) is 5.80. The Kier molecular flexibility index (Phi) is 7.62. The first-order valence-electron chi connectivity index (χ1n) is 8.95. The summed E-state index contributed by atoms with van der Waals surface area (Å²) in [5.74, 6) is 0.979. The van der Waals surface area contributed by atoms with E-state index in [4.69, 9.17) is 18.9 Å². The number of ether oxygens (including phenoxy) is 4. The Morgan fingerprint density at radius 2 is 1.60 bits per heavy atom. The van der Waals surface area contributed by atoms with E-state index in [1.54, 1.807) is 31.2 Å². The van der Waals surface area contributed by atoms with Gasteiger partial charge in [0.05, 0.1) is 45.6 Å². The highest BCUT2D eigenvalue weighted by atomic mass is 16.6. The van der Waals surface area contributed by atoms with Crippen molar-refractivity contribution in [3.05, 3.63) is 58.2 Å². The molecule has 0 bridgehead atoms. The van der Waals surface area contributed by atoms with Gasteiger partial charge >= 0.3 is 5.69 Å². The van der Waals surface area contributed by atoms with Gasteiger partial charge in [-0.3, -0.25) is 14.9 Å². The molecule has 0 unspecified atom stereocenters. The number of carbonyl (C=O) groups excluding carboxylic acids is 1. The van der Waals surface area contributed by atoms with Crippen molar-refractivity contribution in [2.75, 3.05) is 33.3 Å². The number of amides is 1. The zero-order chi connectivity index (χ0) is 22.3. The third kappa shape index (κ3) is 4.80. The molecule has 0 aliphatic rings. The van der Waals surface area contributed by atoms with Crippen LogP contribution in [0.25, 0.3) is 0 Å². The van der Waals surface area contributed by atoms with Crippen LogP contribution in [0, 0.1) is 10.1 Å². The normalized spacial score (nSPS) is 10.6. The van der Waals surface area contributed by atoms with Gasteiger partial charge in [-0.25, -0.2) is 0 Å². The van der Waals surface area contributed by atoms with Crippen LogP contribution in [0.3, 0.4) is 0 Å². The largest absolute Gasteiger partial charge is 0.493 e. The van der Waals surface area contributed by atoms with Crippen LogP contribution in [-0.4, -0.2) is 39.3 Å². The number of carbonyl (C=O) groups is 1. The van der Waals surface area contributed by atoms with Gasteiger partial charge in [0, 0.05) is 18.2 Å². The van der Waals surface area contributed by atoms with Crippen LogP contribution in [0.1, 0.15) is 12.5 Å². The SMILES string of the molecule is C/C=C/C(=O)N(Cc1ccc(OC)c([N+](=O)[O-])c1)c1cc(OC)c(OC)c(OC)c1. The maximum absolute atomic E-state index is 12.8. The van der Waals surface area contributed by atoms with E-state index in [-0.39, 0.29) is 23.9 Å². The lowest BCUT2D eigenvalue weighted by atomic mass is 10.1. The molecule has 2 aromatic rings. The summed E-state index contributed by atoms with van der Waals surface area (Å²) in [5, 5.41) is 11.3. The first-order valence-corrected chi connectivity index (χ1v) is 8.95. The van der Waals surface area contributed by atoms with Crippen molar-refractivity contribution < 1.29 is 28.7 Å². The molecule has 0 spiro atoms. The van der Waals surface area contributed by atoms with Crippen molar-refractivity contribution in [3.63, 3.8) is 0 Å². The van der Waals surface area contributed by atoms with Crippen LogP contribution in [0.4, 0.5) is 11.4 Å². The average Bonchev–Trinajstić information content (AvgIpc) is 2.76. The van der Waals surface area contributed by atoms with Gasteiger partial charge in [-0.2, -0.15) is 0 Å². The number of anilines is 1. The molecule has 0 saturated heterocycles. The van der Waals surface area contributed by atoms with Gasteiger partial charge in [0.1, 0.15) is 0 Å². The highest BCUT2D eigenvalue weighted by Gasteiger charge is 2.22. The first kappa shape index (κ1) is 22.5. The predicted molar refractivity (Wildman–Crippen MR) is 112 cm³/mol. The smallest absolute Gasteiger partial charge is 0.311 e. The molecule has 2 aromatic carbocycles. The number of nitro groups is 1. The summed E-state index contributed by atoms with van der Waals surface area (Å²) in [6, 6.07) is 7.83. The second-order valence-corrected chi connectivity index (χ2v) is 6.07. The standard InChI is InChI=1S/C21H24N2O7/c1-6-7-20(24)22(13-14-8-9-17(27-2)16(10-14)23(25)26)15-11-18(28-3)21(30-5)19(12-15)29-4/h6-12H,13H2,1-5H3/b7-6+. The molecule has 30 heavy (non-hydrogen) atoms. The van der Waals surface area contributed by atoms with Gasteiger partial charge in [0.15, 0.2) is 17.2 Å². The van der Waals surface area contributed by atoms with Gasteiger partial charge in [0.25, 0.3) is 5.91 Å². The quantitative estimate of drug-likeness (QED) is 0.349. The fraction of sp³-hybridized carbons (Fsp3) is 0.286. The second-order valence-electron chi connectivity index (χ2n) is 6.07. The maximum Gasteiger partial charge on any atom is 0.311 e. The minimum atomic E-state index is -0.528. The van der Waals surface area contributed by atoms with Crippen LogP contribution < -0.4 is 23.8 Å². The highest BCUT2D eigenvalue weighted by Crippen LogP contribution is 2.41. The van der Waals surface area contributed by atoms with E-state index in [9.17, 15) is 14.9 Å². The molecule has 0 radical (unpaired) electrons. The lowest BCUT2D eigenvalue weighted by Gasteiger charge is -2.24. The number of hydrogen-bond donors (Lipinski definition) is 0. The molecule has 0 aromatic heterocycles. The van der Waals surface area contributed by atoms with E-state index in [2.05, 4.69) is 0 Å². The van der Waals surface area contributed by atoms with E-state index in [0.717, 1.165) is 0 Å². The molecule has 0 N–H and O–H groups in total. The second kappa shape index (κ2) is 10.1. The summed E-state index contributed by atoms with van der Waals surface area (Å²) in [6.07, 6.45) is 3.02. The molecular weight excluding hydrogens is 392 g/mol. The summed E-state index contributed by atoms with van der Waals surface area (Å²) in [4.78, 5) is 25.1. The Morgan fingerprint density at radius 3 is 2.07 bits per heavy atom. The third-order valence-corrected chi connectivity index (χ3v) is 4.32. The van der Waals surface area contributed by atoms with Crippen molar-refractivity contribution in [2.45, 2.75) is 13.5 Å². The predicted octanol–water partition coefficient (Wildman–Crippen LogP) is 3.74. The number of hydrogen-bond acceptors (Lipinski definition) is 7. The first-order chi connectivity index (χ1) is 14.4. The molecular formula is C21H24N2O7. The zero-order valence-corrected chi connectivity index (χ0v) is 17.5. The molecule has 9 nitrogen and oxygen atoms in total. The highest BCUT2D eigenvalue weighted by molar-refractivity contribution is 6.01. The van der Waals surface area contributed by atoms with E-state index in [1.165, 1.54) is 51.5 Å². The van der Waals surface area contributed by atoms with Crippen LogP contribution in [-0.2, 0) is 11.3 Å². The molecule has 160 valence electrons. The van der Waals surface area contributed by atoms with Crippen LogP contribution >= 0.6 is 0 Å². The molecule has 0 aliphatic carbocycles. The minimum absolute atomic E-state index is 0.0760. The molecule has 0 heterocycles. The molecule has 0 atom stereocenters. The number of allylic oxidation sites excluding steroid dienone is 1. The number of nitro benzene ring substituents is 1. The van der Waals surface area contributed by atoms with Gasteiger partial charge in [-0.1, -0.05) is 12.1 Å². The Labute approximate surface area is 174 Å². The summed E-state index contributed by atoms with van der Waals surface area (Å²) in [6.45, 7) is 1.80. The van der Waals surface area contributed by atoms with Crippen molar-refractivity contribution in [1.82, 2.24) is 0 Å². The Balaban J connectivity index is 2.57. The molecule has 0 saturated carbocycles.